The Morgan fingerprint density at radius 3 is 3.20 bits per heavy atom. The van der Waals surface area contributed by atoms with Crippen molar-refractivity contribution in [2.45, 2.75) is 0 Å². The summed E-state index contributed by atoms with van der Waals surface area (Å²) in [6.45, 7) is 0.664. The van der Waals surface area contributed by atoms with E-state index in [0.717, 1.165) is 10.9 Å². The van der Waals surface area contributed by atoms with Crippen LogP contribution in [0.3, 0.4) is 0 Å². The van der Waals surface area contributed by atoms with E-state index in [0.29, 0.717) is 17.9 Å². The predicted molar refractivity (Wildman–Crippen MR) is 59.2 cm³/mol. The normalized spacial score (nSPS) is 9.93. The minimum Gasteiger partial charge on any atom is -0.380 e. The average Bonchev–Trinajstić information content (AvgIpc) is 2.61. The van der Waals surface area contributed by atoms with Crippen LogP contribution in [0.2, 0.25) is 0 Å². The van der Waals surface area contributed by atoms with Crippen LogP contribution in [0.5, 0.6) is 0 Å². The molecule has 0 radical (unpaired) electrons. The Bertz CT molecular complexity index is 533. The van der Waals surface area contributed by atoms with Gasteiger partial charge in [0.2, 0.25) is 0 Å². The molecular formula is C11H11N3O. The molecule has 0 unspecified atom stereocenters. The van der Waals surface area contributed by atoms with Gasteiger partial charge < -0.3 is 15.6 Å². The minimum absolute atomic E-state index is 0.405. The third kappa shape index (κ3) is 1.92. The first-order valence-electron chi connectivity index (χ1n) is 4.59. The van der Waals surface area contributed by atoms with Crippen LogP contribution in [0, 0.1) is 11.8 Å². The second-order valence-electron chi connectivity index (χ2n) is 3.11. The highest BCUT2D eigenvalue weighted by Crippen LogP contribution is 2.20. The Kier molecular flexibility index (Phi) is 2.57. The molecule has 1 aromatic heterocycles. The first-order valence-corrected chi connectivity index (χ1v) is 4.59. The molecule has 0 amide bonds. The fourth-order valence-corrected chi connectivity index (χ4v) is 1.27. The summed E-state index contributed by atoms with van der Waals surface area (Å²) in [6.07, 6.45) is 0. The summed E-state index contributed by atoms with van der Waals surface area (Å²) >= 11 is 0. The van der Waals surface area contributed by atoms with Crippen LogP contribution in [-0.4, -0.2) is 18.7 Å². The summed E-state index contributed by atoms with van der Waals surface area (Å²) in [5.74, 6) is 6.40. The molecule has 0 bridgehead atoms. The van der Waals surface area contributed by atoms with Crippen molar-refractivity contribution >= 4 is 16.8 Å². The van der Waals surface area contributed by atoms with E-state index in [1.807, 2.05) is 25.2 Å². The summed E-state index contributed by atoms with van der Waals surface area (Å²) in [7, 11) is 1.86. The average molecular weight is 201 g/mol. The zero-order chi connectivity index (χ0) is 10.7. The van der Waals surface area contributed by atoms with Crippen LogP contribution in [-0.2, 0) is 0 Å². The van der Waals surface area contributed by atoms with Crippen LogP contribution < -0.4 is 11.1 Å². The van der Waals surface area contributed by atoms with Crippen LogP contribution in [0.15, 0.2) is 22.7 Å². The second-order valence-corrected chi connectivity index (χ2v) is 3.11. The molecule has 0 fully saturated rings. The van der Waals surface area contributed by atoms with E-state index in [4.69, 9.17) is 10.3 Å². The standard InChI is InChI=1S/C11H11N3O/c1-13-6-2-3-8-4-5-10-9(7-8)11(12)14-15-10/h4-5,7,13H,6H2,1H3,(H2,12,14). The molecule has 1 aromatic carbocycles. The van der Waals surface area contributed by atoms with Crippen molar-refractivity contribution in [2.75, 3.05) is 19.3 Å². The third-order valence-corrected chi connectivity index (χ3v) is 2.00. The summed E-state index contributed by atoms with van der Waals surface area (Å²) in [6, 6.07) is 5.58. The molecule has 2 rings (SSSR count). The van der Waals surface area contributed by atoms with Crippen LogP contribution in [0.1, 0.15) is 5.56 Å². The van der Waals surface area contributed by atoms with Gasteiger partial charge in [0.15, 0.2) is 11.4 Å². The number of anilines is 1. The zero-order valence-corrected chi connectivity index (χ0v) is 8.37. The Hall–Kier alpha value is -1.99. The molecule has 0 atom stereocenters. The van der Waals surface area contributed by atoms with Gasteiger partial charge in [-0.05, 0) is 25.2 Å². The highest BCUT2D eigenvalue weighted by molar-refractivity contribution is 5.87. The van der Waals surface area contributed by atoms with Crippen molar-refractivity contribution in [3.8, 4) is 11.8 Å². The Morgan fingerprint density at radius 1 is 1.53 bits per heavy atom. The van der Waals surface area contributed by atoms with E-state index >= 15 is 0 Å². The highest BCUT2D eigenvalue weighted by atomic mass is 16.5. The fraction of sp³-hybridized carbons (Fsp3) is 0.182. The van der Waals surface area contributed by atoms with Gasteiger partial charge in [0.05, 0.1) is 11.9 Å². The Labute approximate surface area is 87.4 Å². The van der Waals surface area contributed by atoms with Gasteiger partial charge >= 0.3 is 0 Å². The number of benzene rings is 1. The molecule has 15 heavy (non-hydrogen) atoms. The maximum absolute atomic E-state index is 5.63. The number of nitrogens with one attached hydrogen (secondary N) is 1. The molecule has 0 saturated heterocycles. The van der Waals surface area contributed by atoms with Gasteiger partial charge in [-0.1, -0.05) is 17.0 Å². The van der Waals surface area contributed by atoms with Crippen LogP contribution in [0.4, 0.5) is 5.82 Å². The van der Waals surface area contributed by atoms with Crippen molar-refractivity contribution in [1.82, 2.24) is 10.5 Å². The summed E-state index contributed by atoms with van der Waals surface area (Å²) < 4.78 is 4.99. The maximum atomic E-state index is 5.63. The number of nitrogens with zero attached hydrogens (tertiary/aromatic N) is 1. The van der Waals surface area contributed by atoms with E-state index in [2.05, 4.69) is 22.3 Å². The predicted octanol–water partition coefficient (Wildman–Crippen LogP) is 0.981. The molecule has 0 aliphatic heterocycles. The molecule has 0 spiro atoms. The molecule has 0 saturated carbocycles. The number of hydrogen-bond acceptors (Lipinski definition) is 4. The van der Waals surface area contributed by atoms with Crippen LogP contribution >= 0.6 is 0 Å². The van der Waals surface area contributed by atoms with Crippen molar-refractivity contribution < 1.29 is 4.52 Å². The van der Waals surface area contributed by atoms with Gasteiger partial charge in [0.25, 0.3) is 0 Å². The van der Waals surface area contributed by atoms with Gasteiger partial charge in [0, 0.05) is 5.56 Å². The third-order valence-electron chi connectivity index (χ3n) is 2.00. The highest BCUT2D eigenvalue weighted by Gasteiger charge is 2.03. The van der Waals surface area contributed by atoms with E-state index in [1.165, 1.54) is 0 Å². The topological polar surface area (TPSA) is 64.1 Å². The fourth-order valence-electron chi connectivity index (χ4n) is 1.27. The SMILES string of the molecule is CNCC#Cc1ccc2onc(N)c2c1. The lowest BCUT2D eigenvalue weighted by Crippen LogP contribution is -2.04. The second kappa shape index (κ2) is 4.03. The molecule has 4 nitrogen and oxygen atoms in total. The summed E-state index contributed by atoms with van der Waals surface area (Å²) in [5, 5.41) is 7.44. The van der Waals surface area contributed by atoms with E-state index in [-0.39, 0.29) is 0 Å². The zero-order valence-electron chi connectivity index (χ0n) is 8.37. The molecular weight excluding hydrogens is 190 g/mol. The first-order chi connectivity index (χ1) is 7.31. The number of aromatic nitrogens is 1. The molecule has 2 aromatic rings. The number of nitrogens with two attached hydrogens (primary N) is 1. The number of hydrogen-bond donors (Lipinski definition) is 2. The van der Waals surface area contributed by atoms with Crippen molar-refractivity contribution in [2.24, 2.45) is 0 Å². The number of nitrogen functional groups attached to an aromatic ring is 1. The summed E-state index contributed by atoms with van der Waals surface area (Å²) in [4.78, 5) is 0. The van der Waals surface area contributed by atoms with E-state index < -0.39 is 0 Å². The quantitative estimate of drug-likeness (QED) is 0.675. The Morgan fingerprint density at radius 2 is 2.40 bits per heavy atom. The Balaban J connectivity index is 2.38. The van der Waals surface area contributed by atoms with Crippen molar-refractivity contribution in [1.29, 1.82) is 0 Å². The molecule has 0 aliphatic rings. The lowest BCUT2D eigenvalue weighted by Gasteiger charge is -1.90. The van der Waals surface area contributed by atoms with Gasteiger partial charge in [-0.3, -0.25) is 0 Å². The first kappa shape index (κ1) is 9.56. The largest absolute Gasteiger partial charge is 0.380 e. The monoisotopic (exact) mass is 201 g/mol. The van der Waals surface area contributed by atoms with E-state index in [1.54, 1.807) is 0 Å². The summed E-state index contributed by atoms with van der Waals surface area (Å²) in [5.41, 5.74) is 7.23. The minimum atomic E-state index is 0.405. The van der Waals surface area contributed by atoms with Gasteiger partial charge in [-0.15, -0.1) is 0 Å². The van der Waals surface area contributed by atoms with Gasteiger partial charge in [0.1, 0.15) is 0 Å². The number of rotatable bonds is 1. The number of fused-ring (bicyclic) bond motifs is 1. The van der Waals surface area contributed by atoms with Crippen LogP contribution in [0.25, 0.3) is 11.0 Å². The maximum Gasteiger partial charge on any atom is 0.174 e. The van der Waals surface area contributed by atoms with Crippen molar-refractivity contribution in [3.05, 3.63) is 23.8 Å². The van der Waals surface area contributed by atoms with E-state index in [9.17, 15) is 0 Å². The smallest absolute Gasteiger partial charge is 0.174 e. The van der Waals surface area contributed by atoms with Gasteiger partial charge in [-0.25, -0.2) is 0 Å². The molecule has 76 valence electrons. The molecule has 3 N–H and O–H groups in total. The lowest BCUT2D eigenvalue weighted by molar-refractivity contribution is 0.460. The van der Waals surface area contributed by atoms with Gasteiger partial charge in [-0.2, -0.15) is 0 Å². The van der Waals surface area contributed by atoms with Crippen molar-refractivity contribution in [3.63, 3.8) is 0 Å². The lowest BCUT2D eigenvalue weighted by atomic mass is 10.1. The molecule has 1 heterocycles. The molecule has 0 aliphatic carbocycles. The molecule has 4 heteroatoms.